The number of hydrogen-bond donors (Lipinski definition) is 1. The molecule has 0 aliphatic carbocycles. The van der Waals surface area contributed by atoms with Crippen LogP contribution >= 0.6 is 11.6 Å². The zero-order chi connectivity index (χ0) is 13.3. The molecule has 0 atom stereocenters. The van der Waals surface area contributed by atoms with Gasteiger partial charge in [-0.05, 0) is 37.6 Å². The summed E-state index contributed by atoms with van der Waals surface area (Å²) in [5, 5.41) is 0.538. The summed E-state index contributed by atoms with van der Waals surface area (Å²) >= 11 is 6.19. The maximum atomic E-state index is 6.19. The monoisotopic (exact) mass is 265 g/mol. The summed E-state index contributed by atoms with van der Waals surface area (Å²) in [6, 6.07) is 5.86. The number of hydrogen-bond acceptors (Lipinski definition) is 3. The molecular formula is C13H16ClN3O. The zero-order valence-corrected chi connectivity index (χ0v) is 11.5. The Balaban J connectivity index is 2.45. The van der Waals surface area contributed by atoms with Gasteiger partial charge in [0, 0.05) is 12.6 Å². The first-order valence-electron chi connectivity index (χ1n) is 5.76. The van der Waals surface area contributed by atoms with Gasteiger partial charge in [0.25, 0.3) is 0 Å². The third kappa shape index (κ3) is 2.16. The first-order valence-corrected chi connectivity index (χ1v) is 6.14. The minimum atomic E-state index is 0.404. The van der Waals surface area contributed by atoms with Crippen molar-refractivity contribution in [2.75, 3.05) is 12.3 Å². The van der Waals surface area contributed by atoms with Crippen molar-refractivity contribution in [3.8, 4) is 17.0 Å². The van der Waals surface area contributed by atoms with Crippen LogP contribution in [0.15, 0.2) is 18.2 Å². The summed E-state index contributed by atoms with van der Waals surface area (Å²) in [4.78, 5) is 4.26. The van der Waals surface area contributed by atoms with Crippen LogP contribution in [0, 0.1) is 6.92 Å². The molecule has 0 aliphatic heterocycles. The molecule has 0 aliphatic rings. The molecule has 0 amide bonds. The molecule has 1 aromatic heterocycles. The summed E-state index contributed by atoms with van der Waals surface area (Å²) in [6.45, 7) is 4.61. The van der Waals surface area contributed by atoms with Crippen molar-refractivity contribution in [2.45, 2.75) is 13.8 Å². The second kappa shape index (κ2) is 4.90. The van der Waals surface area contributed by atoms with Gasteiger partial charge in [0.05, 0.1) is 6.61 Å². The Labute approximate surface area is 111 Å². The van der Waals surface area contributed by atoms with Gasteiger partial charge in [-0.2, -0.15) is 0 Å². The van der Waals surface area contributed by atoms with Gasteiger partial charge in [0.2, 0.25) is 5.95 Å². The van der Waals surface area contributed by atoms with E-state index in [-0.39, 0.29) is 0 Å². The molecule has 0 fully saturated rings. The highest BCUT2D eigenvalue weighted by atomic mass is 35.5. The first-order chi connectivity index (χ1) is 8.54. The average molecular weight is 266 g/mol. The highest BCUT2D eigenvalue weighted by Gasteiger charge is 2.13. The predicted molar refractivity (Wildman–Crippen MR) is 74.0 cm³/mol. The minimum Gasteiger partial charge on any atom is -0.494 e. The lowest BCUT2D eigenvalue weighted by molar-refractivity contribution is 0.338. The Bertz CT molecular complexity index is 578. The molecule has 2 rings (SSSR count). The Kier molecular flexibility index (Phi) is 3.48. The van der Waals surface area contributed by atoms with E-state index < -0.39 is 0 Å². The maximum Gasteiger partial charge on any atom is 0.201 e. The third-order valence-electron chi connectivity index (χ3n) is 2.81. The molecule has 4 nitrogen and oxygen atoms in total. The van der Waals surface area contributed by atoms with E-state index in [2.05, 4.69) is 4.98 Å². The molecule has 2 N–H and O–H groups in total. The third-order valence-corrected chi connectivity index (χ3v) is 3.24. The standard InChI is InChI=1S/C13H16ClN3O/c1-4-18-10-6-5-9(7-8(10)2)11-12(14)17(3)13(15)16-11/h5-7H,4H2,1-3H3,(H2,15,16). The maximum absolute atomic E-state index is 6.19. The smallest absolute Gasteiger partial charge is 0.201 e. The molecule has 0 bridgehead atoms. The summed E-state index contributed by atoms with van der Waals surface area (Å²) in [5.74, 6) is 1.28. The van der Waals surface area contributed by atoms with Crippen molar-refractivity contribution >= 4 is 17.5 Å². The van der Waals surface area contributed by atoms with E-state index >= 15 is 0 Å². The van der Waals surface area contributed by atoms with E-state index in [9.17, 15) is 0 Å². The van der Waals surface area contributed by atoms with Crippen molar-refractivity contribution in [1.29, 1.82) is 0 Å². The van der Waals surface area contributed by atoms with Crippen molar-refractivity contribution < 1.29 is 4.74 Å². The normalized spacial score (nSPS) is 10.7. The zero-order valence-electron chi connectivity index (χ0n) is 10.7. The Hall–Kier alpha value is -1.68. The van der Waals surface area contributed by atoms with Gasteiger partial charge in [-0.3, -0.25) is 0 Å². The molecule has 0 saturated heterocycles. The number of nitrogen functional groups attached to an aromatic ring is 1. The lowest BCUT2D eigenvalue weighted by atomic mass is 10.1. The molecule has 0 saturated carbocycles. The van der Waals surface area contributed by atoms with Gasteiger partial charge in [0.15, 0.2) is 0 Å². The molecule has 0 spiro atoms. The van der Waals surface area contributed by atoms with E-state index in [1.807, 2.05) is 32.0 Å². The van der Waals surface area contributed by atoms with Crippen molar-refractivity contribution in [3.05, 3.63) is 28.9 Å². The Morgan fingerprint density at radius 3 is 2.67 bits per heavy atom. The van der Waals surface area contributed by atoms with Gasteiger partial charge < -0.3 is 15.0 Å². The van der Waals surface area contributed by atoms with Crippen LogP contribution in [0.4, 0.5) is 5.95 Å². The molecule has 18 heavy (non-hydrogen) atoms. The van der Waals surface area contributed by atoms with Crippen LogP contribution in [0.1, 0.15) is 12.5 Å². The number of ether oxygens (including phenoxy) is 1. The van der Waals surface area contributed by atoms with E-state index in [0.29, 0.717) is 23.4 Å². The topological polar surface area (TPSA) is 53.1 Å². The molecule has 2 aromatic rings. The van der Waals surface area contributed by atoms with Crippen molar-refractivity contribution in [1.82, 2.24) is 9.55 Å². The number of benzene rings is 1. The summed E-state index contributed by atoms with van der Waals surface area (Å²) in [5.41, 5.74) is 8.42. The number of aryl methyl sites for hydroxylation is 1. The molecule has 0 unspecified atom stereocenters. The van der Waals surface area contributed by atoms with Gasteiger partial charge in [-0.1, -0.05) is 11.6 Å². The average Bonchev–Trinajstić information content (AvgIpc) is 2.60. The second-order valence-electron chi connectivity index (χ2n) is 4.08. The van der Waals surface area contributed by atoms with Crippen LogP contribution in [0.3, 0.4) is 0 Å². The second-order valence-corrected chi connectivity index (χ2v) is 4.44. The number of aromatic nitrogens is 2. The largest absolute Gasteiger partial charge is 0.494 e. The number of nitrogens with two attached hydrogens (primary N) is 1. The van der Waals surface area contributed by atoms with Crippen LogP contribution < -0.4 is 10.5 Å². The van der Waals surface area contributed by atoms with Crippen LogP contribution in [-0.2, 0) is 7.05 Å². The molecule has 5 heteroatoms. The van der Waals surface area contributed by atoms with Crippen molar-refractivity contribution in [3.63, 3.8) is 0 Å². The summed E-state index contributed by atoms with van der Waals surface area (Å²) in [6.07, 6.45) is 0. The summed E-state index contributed by atoms with van der Waals surface area (Å²) in [7, 11) is 1.79. The lowest BCUT2D eigenvalue weighted by Gasteiger charge is -2.08. The fourth-order valence-electron chi connectivity index (χ4n) is 1.79. The fourth-order valence-corrected chi connectivity index (χ4v) is 2.03. The van der Waals surface area contributed by atoms with E-state index in [1.54, 1.807) is 11.6 Å². The van der Waals surface area contributed by atoms with Gasteiger partial charge in [0.1, 0.15) is 16.6 Å². The van der Waals surface area contributed by atoms with Crippen LogP contribution in [0.2, 0.25) is 5.15 Å². The Morgan fingerprint density at radius 1 is 1.44 bits per heavy atom. The number of nitrogens with zero attached hydrogens (tertiary/aromatic N) is 2. The SMILES string of the molecule is CCOc1ccc(-c2nc(N)n(C)c2Cl)cc1C. The van der Waals surface area contributed by atoms with Gasteiger partial charge in [-0.15, -0.1) is 0 Å². The van der Waals surface area contributed by atoms with Crippen LogP contribution in [-0.4, -0.2) is 16.2 Å². The molecule has 1 aromatic carbocycles. The highest BCUT2D eigenvalue weighted by molar-refractivity contribution is 6.32. The first kappa shape index (κ1) is 12.8. The number of rotatable bonds is 3. The number of anilines is 1. The molecule has 96 valence electrons. The summed E-state index contributed by atoms with van der Waals surface area (Å²) < 4.78 is 7.16. The minimum absolute atomic E-state index is 0.404. The van der Waals surface area contributed by atoms with Crippen molar-refractivity contribution in [2.24, 2.45) is 7.05 Å². The number of halogens is 1. The van der Waals surface area contributed by atoms with Crippen LogP contribution in [0.25, 0.3) is 11.3 Å². The van der Waals surface area contributed by atoms with Crippen LogP contribution in [0.5, 0.6) is 5.75 Å². The molecule has 0 radical (unpaired) electrons. The van der Waals surface area contributed by atoms with E-state index in [4.69, 9.17) is 22.1 Å². The number of imidazole rings is 1. The quantitative estimate of drug-likeness (QED) is 0.928. The molecular weight excluding hydrogens is 250 g/mol. The van der Waals surface area contributed by atoms with E-state index in [1.165, 1.54) is 0 Å². The fraction of sp³-hybridized carbons (Fsp3) is 0.308. The molecule has 1 heterocycles. The highest BCUT2D eigenvalue weighted by Crippen LogP contribution is 2.31. The van der Waals surface area contributed by atoms with Gasteiger partial charge >= 0.3 is 0 Å². The van der Waals surface area contributed by atoms with Gasteiger partial charge in [-0.25, -0.2) is 4.98 Å². The predicted octanol–water partition coefficient (Wildman–Crippen LogP) is 3.03. The Morgan fingerprint density at radius 2 is 2.17 bits per heavy atom. The van der Waals surface area contributed by atoms with E-state index in [0.717, 1.165) is 16.9 Å². The lowest BCUT2D eigenvalue weighted by Crippen LogP contribution is -1.96.